The third-order valence-electron chi connectivity index (χ3n) is 2.87. The average Bonchev–Trinajstić information content (AvgIpc) is 2.82. The van der Waals surface area contributed by atoms with E-state index in [0.29, 0.717) is 0 Å². The number of phosphoric acid groups is 3. The number of hydrogen-bond donors (Lipinski definition) is 5. The third-order valence-corrected chi connectivity index (χ3v) is 8.12. The fourth-order valence-corrected chi connectivity index (χ4v) is 6.20. The van der Waals surface area contributed by atoms with Crippen molar-refractivity contribution in [3.8, 4) is 0 Å². The van der Waals surface area contributed by atoms with E-state index in [1.807, 2.05) is 0 Å². The molecule has 0 amide bonds. The number of nitrogens with two attached hydrogens (primary N) is 1. The highest BCUT2D eigenvalue weighted by Crippen LogP contribution is 2.65. The van der Waals surface area contributed by atoms with Gasteiger partial charge in [-0.05, 0) is 6.07 Å². The minimum absolute atomic E-state index is 0.0440. The van der Waals surface area contributed by atoms with Gasteiger partial charge in [0, 0.05) is 6.20 Å². The summed E-state index contributed by atoms with van der Waals surface area (Å²) in [4.78, 5) is 52.6. The Morgan fingerprint density at radius 1 is 1.36 bits per heavy atom. The van der Waals surface area contributed by atoms with Gasteiger partial charge in [-0.2, -0.15) is 13.8 Å². The highest BCUT2D eigenvalue weighted by atomic mass is 32.2. The van der Waals surface area contributed by atoms with Gasteiger partial charge in [0.1, 0.15) is 12.4 Å². The number of anilines is 1. The van der Waals surface area contributed by atoms with E-state index in [4.69, 9.17) is 25.2 Å². The standard InChI is InChI=1S/C8H14N3O13P3S/c9-5-1-2-11(8(12)10-5)6-4-28(20)7(22-6)3-21-26(16,17)24-27(18,19)23-25(13,14)15/h1-2,6-7,20H,3-4H2,(H5-,9,10,12,13,14,15,16,17,18,19)/t6-,7+,28?/m1/s1. The van der Waals surface area contributed by atoms with Crippen molar-refractivity contribution in [3.05, 3.63) is 22.7 Å². The molecule has 20 heteroatoms. The highest BCUT2D eigenvalue weighted by Gasteiger charge is 2.46. The van der Waals surface area contributed by atoms with Gasteiger partial charge >= 0.3 is 21.3 Å². The smallest absolute Gasteiger partial charge is 0.487 e. The maximum atomic E-state index is 11.8. The molecule has 6 N–H and O–H groups in total. The molecular formula is C8H14N3O13P3S. The second kappa shape index (κ2) is 8.62. The number of aromatic nitrogens is 2. The Balaban J connectivity index is 1.98. The third kappa shape index (κ3) is 7.00. The van der Waals surface area contributed by atoms with E-state index in [9.17, 15) is 27.9 Å². The number of phosphoric ester groups is 1. The molecule has 1 aromatic rings. The molecule has 1 aliphatic rings. The van der Waals surface area contributed by atoms with Gasteiger partial charge in [0.2, 0.25) is 0 Å². The summed E-state index contributed by atoms with van der Waals surface area (Å²) < 4.78 is 60.7. The zero-order valence-electron chi connectivity index (χ0n) is 13.4. The number of ether oxygens (including phenoxy) is 1. The Morgan fingerprint density at radius 2 is 2.00 bits per heavy atom. The first-order valence-corrected chi connectivity index (χ1v) is 12.7. The Kier molecular flexibility index (Phi) is 7.27. The van der Waals surface area contributed by atoms with Crippen LogP contribution in [0.2, 0.25) is 0 Å². The number of rotatable bonds is 8. The second-order valence-corrected chi connectivity index (χ2v) is 11.0. The monoisotopic (exact) mass is 485 g/mol. The molecule has 1 saturated heterocycles. The van der Waals surface area contributed by atoms with Crippen LogP contribution in [0.15, 0.2) is 17.1 Å². The summed E-state index contributed by atoms with van der Waals surface area (Å²) in [5.41, 5.74) is 3.29. The van der Waals surface area contributed by atoms with Crippen molar-refractivity contribution in [2.75, 3.05) is 18.1 Å². The molecule has 28 heavy (non-hydrogen) atoms. The van der Waals surface area contributed by atoms with Crippen LogP contribution in [0.25, 0.3) is 0 Å². The minimum Gasteiger partial charge on any atom is -0.756 e. The summed E-state index contributed by atoms with van der Waals surface area (Å²) in [5, 5.41) is 0. The first kappa shape index (κ1) is 23.6. The molecule has 0 spiro atoms. The highest BCUT2D eigenvalue weighted by molar-refractivity contribution is 7.92. The summed E-state index contributed by atoms with van der Waals surface area (Å²) in [6, 6.07) is 1.30. The van der Waals surface area contributed by atoms with Crippen LogP contribution in [-0.4, -0.2) is 46.6 Å². The van der Waals surface area contributed by atoms with E-state index >= 15 is 0 Å². The normalized spacial score (nSPS) is 27.2. The summed E-state index contributed by atoms with van der Waals surface area (Å²) in [6.45, 7) is -0.899. The van der Waals surface area contributed by atoms with Gasteiger partial charge in [0.15, 0.2) is 23.2 Å². The van der Waals surface area contributed by atoms with Gasteiger partial charge in [-0.15, -0.1) is 0 Å². The van der Waals surface area contributed by atoms with Crippen LogP contribution in [0.3, 0.4) is 0 Å². The molecule has 0 saturated carbocycles. The predicted molar refractivity (Wildman–Crippen MR) is 89.3 cm³/mol. The van der Waals surface area contributed by atoms with Crippen LogP contribution in [-0.2, 0) is 42.8 Å². The van der Waals surface area contributed by atoms with E-state index < -0.39 is 58.6 Å². The number of nitrogen functional groups attached to an aromatic ring is 1. The van der Waals surface area contributed by atoms with E-state index in [2.05, 4.69) is 18.1 Å². The predicted octanol–water partition coefficient (Wildman–Crippen LogP) is -1.52. The van der Waals surface area contributed by atoms with Crippen LogP contribution in [0, 0.1) is 0 Å². The lowest BCUT2D eigenvalue weighted by molar-refractivity contribution is -0.219. The van der Waals surface area contributed by atoms with Crippen LogP contribution >= 0.6 is 23.5 Å². The summed E-state index contributed by atoms with van der Waals surface area (Å²) in [7, 11) is -16.9. The fourth-order valence-electron chi connectivity index (χ4n) is 1.89. The largest absolute Gasteiger partial charge is 0.756 e. The summed E-state index contributed by atoms with van der Waals surface area (Å²) in [6.07, 6.45) is 0.232. The Labute approximate surface area is 158 Å². The molecule has 2 rings (SSSR count). The zero-order chi connectivity index (χ0) is 21.3. The molecule has 16 nitrogen and oxygen atoms in total. The lowest BCUT2D eigenvalue weighted by atomic mass is 10.5. The van der Waals surface area contributed by atoms with Crippen molar-refractivity contribution in [3.63, 3.8) is 0 Å². The Hall–Kier alpha value is -0.640. The molecule has 5 atom stereocenters. The van der Waals surface area contributed by atoms with Crippen molar-refractivity contribution in [1.82, 2.24) is 9.55 Å². The maximum Gasteiger partial charge on any atom is 0.487 e. The molecule has 3 unspecified atom stereocenters. The molecular weight excluding hydrogens is 471 g/mol. The van der Waals surface area contributed by atoms with Crippen molar-refractivity contribution in [2.24, 2.45) is 0 Å². The fraction of sp³-hybridized carbons (Fsp3) is 0.500. The molecule has 1 aliphatic heterocycles. The minimum atomic E-state index is -5.71. The van der Waals surface area contributed by atoms with E-state index in [1.165, 1.54) is 12.3 Å². The lowest BCUT2D eigenvalue weighted by Gasteiger charge is -2.24. The number of nitrogens with zero attached hydrogens (tertiary/aromatic N) is 2. The molecule has 0 bridgehead atoms. The second-order valence-electron chi connectivity index (χ2n) is 5.00. The van der Waals surface area contributed by atoms with Crippen LogP contribution in [0.5, 0.6) is 0 Å². The summed E-state index contributed by atoms with van der Waals surface area (Å²) in [5.74, 6) is -0.166. The molecule has 1 fully saturated rings. The van der Waals surface area contributed by atoms with E-state index in [0.717, 1.165) is 4.57 Å². The van der Waals surface area contributed by atoms with Gasteiger partial charge in [-0.3, -0.25) is 13.9 Å². The first-order chi connectivity index (χ1) is 12.7. The zero-order valence-corrected chi connectivity index (χ0v) is 16.9. The van der Waals surface area contributed by atoms with Gasteiger partial charge in [-0.25, -0.2) is 18.2 Å². The Bertz CT molecular complexity index is 919. The van der Waals surface area contributed by atoms with E-state index in [-0.39, 0.29) is 11.6 Å². The van der Waals surface area contributed by atoms with Crippen LogP contribution < -0.4 is 16.3 Å². The molecule has 0 radical (unpaired) electrons. The quantitative estimate of drug-likeness (QED) is 0.207. The van der Waals surface area contributed by atoms with Gasteiger partial charge in [-0.1, -0.05) is 0 Å². The summed E-state index contributed by atoms with van der Waals surface area (Å²) >= 11 is -1.60. The first-order valence-electron chi connectivity index (χ1n) is 6.83. The lowest BCUT2D eigenvalue weighted by Crippen LogP contribution is -2.28. The Morgan fingerprint density at radius 3 is 2.57 bits per heavy atom. The average molecular weight is 485 g/mol. The van der Waals surface area contributed by atoms with Crippen LogP contribution in [0.1, 0.15) is 6.23 Å². The van der Waals surface area contributed by atoms with Crippen LogP contribution in [0.4, 0.5) is 5.82 Å². The molecule has 2 heterocycles. The number of hydrogen-bond acceptors (Lipinski definition) is 12. The van der Waals surface area contributed by atoms with Crippen molar-refractivity contribution < 1.29 is 55.7 Å². The SMILES string of the molecule is Nc1ccn([C@H]2C[S+](O)[C@@H](COP(=O)([O-])OP(=O)(O)OP(=O)(O)O)O2)c(=O)n1. The van der Waals surface area contributed by atoms with Gasteiger partial charge in [0.05, 0.1) is 0 Å². The van der Waals surface area contributed by atoms with Gasteiger partial charge < -0.3 is 29.8 Å². The molecule has 0 aromatic carbocycles. The maximum absolute atomic E-state index is 11.8. The van der Waals surface area contributed by atoms with E-state index in [1.54, 1.807) is 0 Å². The van der Waals surface area contributed by atoms with Crippen molar-refractivity contribution in [1.29, 1.82) is 0 Å². The molecule has 1 aromatic heterocycles. The molecule has 160 valence electrons. The van der Waals surface area contributed by atoms with Crippen molar-refractivity contribution in [2.45, 2.75) is 11.7 Å². The van der Waals surface area contributed by atoms with Gasteiger partial charge in [0.25, 0.3) is 13.3 Å². The molecule has 0 aliphatic carbocycles. The van der Waals surface area contributed by atoms with Crippen molar-refractivity contribution >= 4 is 40.5 Å². The topological polar surface area (TPSA) is 253 Å².